The van der Waals surface area contributed by atoms with Crippen molar-refractivity contribution < 1.29 is 19.3 Å². The monoisotopic (exact) mass is 485 g/mol. The van der Waals surface area contributed by atoms with Crippen molar-refractivity contribution in [2.24, 2.45) is 5.92 Å². The van der Waals surface area contributed by atoms with Crippen LogP contribution in [0.15, 0.2) is 18.2 Å². The van der Waals surface area contributed by atoms with Crippen molar-refractivity contribution in [2.75, 3.05) is 25.0 Å². The molecule has 3 heterocycles. The Morgan fingerprint density at radius 2 is 1.94 bits per heavy atom. The highest BCUT2D eigenvalue weighted by atomic mass is 32.1. The molecule has 0 bridgehead atoms. The molecule has 180 valence electrons. The van der Waals surface area contributed by atoms with Gasteiger partial charge >= 0.3 is 0 Å². The predicted octanol–water partition coefficient (Wildman–Crippen LogP) is 3.61. The maximum atomic E-state index is 12.5. The van der Waals surface area contributed by atoms with Gasteiger partial charge in [0.05, 0.1) is 21.7 Å². The summed E-state index contributed by atoms with van der Waals surface area (Å²) in [6.07, 6.45) is 2.80. The molecule has 3 amide bonds. The van der Waals surface area contributed by atoms with Gasteiger partial charge in [0.15, 0.2) is 5.13 Å². The molecule has 1 N–H and O–H groups in total. The Kier molecular flexibility index (Phi) is 7.03. The summed E-state index contributed by atoms with van der Waals surface area (Å²) in [7, 11) is 0. The lowest BCUT2D eigenvalue weighted by molar-refractivity contribution is -0.384. The van der Waals surface area contributed by atoms with Gasteiger partial charge in [-0.15, -0.1) is 11.3 Å². The summed E-state index contributed by atoms with van der Waals surface area (Å²) in [4.78, 5) is 56.9. The quantitative estimate of drug-likeness (QED) is 0.344. The summed E-state index contributed by atoms with van der Waals surface area (Å²) in [6, 6.07) is 3.62. The van der Waals surface area contributed by atoms with Gasteiger partial charge in [0.25, 0.3) is 17.5 Å². The summed E-state index contributed by atoms with van der Waals surface area (Å²) in [6.45, 7) is 7.27. The number of rotatable bonds is 8. The highest BCUT2D eigenvalue weighted by molar-refractivity contribution is 7.15. The number of aryl methyl sites for hydroxylation is 1. The fourth-order valence-electron chi connectivity index (χ4n) is 4.23. The van der Waals surface area contributed by atoms with Gasteiger partial charge in [0.2, 0.25) is 5.91 Å². The van der Waals surface area contributed by atoms with Crippen molar-refractivity contribution >= 4 is 39.9 Å². The van der Waals surface area contributed by atoms with Crippen LogP contribution in [0.4, 0.5) is 10.8 Å². The summed E-state index contributed by atoms with van der Waals surface area (Å²) in [5.74, 6) is -0.536. The second-order valence-electron chi connectivity index (χ2n) is 8.89. The van der Waals surface area contributed by atoms with E-state index < -0.39 is 16.7 Å². The third kappa shape index (κ3) is 5.15. The number of carbonyl (C=O) groups excluding carboxylic acids is 3. The molecule has 10 nitrogen and oxygen atoms in total. The molecule has 0 aliphatic carbocycles. The molecule has 1 aromatic carbocycles. The Balaban J connectivity index is 1.27. The van der Waals surface area contributed by atoms with Crippen molar-refractivity contribution in [3.8, 4) is 0 Å². The maximum Gasteiger partial charge on any atom is 0.270 e. The number of likely N-dealkylation sites (tertiary alicyclic amines) is 1. The van der Waals surface area contributed by atoms with Gasteiger partial charge in [-0.25, -0.2) is 4.98 Å². The molecule has 0 spiro atoms. The number of hydrogen-bond donors (Lipinski definition) is 1. The first-order chi connectivity index (χ1) is 16.2. The van der Waals surface area contributed by atoms with E-state index in [1.807, 2.05) is 6.92 Å². The number of amides is 3. The van der Waals surface area contributed by atoms with Crippen LogP contribution in [0, 0.1) is 23.0 Å². The molecule has 4 rings (SSSR count). The highest BCUT2D eigenvalue weighted by Crippen LogP contribution is 2.28. The number of anilines is 1. The highest BCUT2D eigenvalue weighted by Gasteiger charge is 2.36. The van der Waals surface area contributed by atoms with E-state index in [0.717, 1.165) is 47.1 Å². The standard InChI is InChI=1S/C23H27N5O5S/c1-14-7-10-26(11-8-14)13-19-15(2)24-23(34-19)25-20(29)4-3-9-27-21(30)17-6-5-16(28(32)33)12-18(17)22(27)31/h5-6,12,14H,3-4,7-11,13H2,1-2H3,(H,24,25,29). The molecule has 0 saturated carbocycles. The first-order valence-corrected chi connectivity index (χ1v) is 12.2. The maximum absolute atomic E-state index is 12.5. The molecule has 0 radical (unpaired) electrons. The average molecular weight is 486 g/mol. The van der Waals surface area contributed by atoms with Crippen molar-refractivity contribution in [1.82, 2.24) is 14.8 Å². The Bertz CT molecular complexity index is 1140. The van der Waals surface area contributed by atoms with Crippen LogP contribution in [0.3, 0.4) is 0 Å². The number of nitro groups is 1. The number of benzene rings is 1. The van der Waals surface area contributed by atoms with Crippen LogP contribution in [-0.4, -0.2) is 57.1 Å². The van der Waals surface area contributed by atoms with Gasteiger partial charge in [-0.1, -0.05) is 6.92 Å². The van der Waals surface area contributed by atoms with Gasteiger partial charge in [-0.2, -0.15) is 0 Å². The minimum Gasteiger partial charge on any atom is -0.302 e. The second kappa shape index (κ2) is 9.98. The Hall–Kier alpha value is -3.18. The Morgan fingerprint density at radius 3 is 2.65 bits per heavy atom. The Labute approximate surface area is 201 Å². The number of non-ortho nitro benzene ring substituents is 1. The summed E-state index contributed by atoms with van der Waals surface area (Å²) in [5.41, 5.74) is 0.847. The number of nitro benzene ring substituents is 1. The van der Waals surface area contributed by atoms with Crippen molar-refractivity contribution in [3.63, 3.8) is 0 Å². The summed E-state index contributed by atoms with van der Waals surface area (Å²) in [5, 5.41) is 14.3. The van der Waals surface area contributed by atoms with Gasteiger partial charge in [0, 0.05) is 36.5 Å². The number of imide groups is 1. The third-order valence-corrected chi connectivity index (χ3v) is 7.39. The molecular formula is C23H27N5O5S. The number of fused-ring (bicyclic) bond motifs is 1. The van der Waals surface area contributed by atoms with Crippen molar-refractivity contribution in [3.05, 3.63) is 50.0 Å². The topological polar surface area (TPSA) is 126 Å². The molecule has 1 fully saturated rings. The largest absolute Gasteiger partial charge is 0.302 e. The van der Waals surface area contributed by atoms with Crippen molar-refractivity contribution in [1.29, 1.82) is 0 Å². The predicted molar refractivity (Wildman–Crippen MR) is 127 cm³/mol. The van der Waals surface area contributed by atoms with Crippen LogP contribution in [-0.2, 0) is 11.3 Å². The minimum absolute atomic E-state index is 0.0256. The number of nitrogens with one attached hydrogen (secondary N) is 1. The van der Waals surface area contributed by atoms with E-state index in [1.165, 1.54) is 36.3 Å². The van der Waals surface area contributed by atoms with Crippen molar-refractivity contribution in [2.45, 2.75) is 46.1 Å². The molecular weight excluding hydrogens is 458 g/mol. The fraction of sp³-hybridized carbons (Fsp3) is 0.478. The smallest absolute Gasteiger partial charge is 0.270 e. The molecule has 2 aliphatic heterocycles. The first-order valence-electron chi connectivity index (χ1n) is 11.4. The molecule has 0 atom stereocenters. The number of thiazole rings is 1. The van der Waals surface area contributed by atoms with Crippen LogP contribution < -0.4 is 5.32 Å². The number of nitrogens with zero attached hydrogens (tertiary/aromatic N) is 4. The molecule has 1 aromatic heterocycles. The molecule has 2 aromatic rings. The lowest BCUT2D eigenvalue weighted by Gasteiger charge is -2.29. The van der Waals surface area contributed by atoms with E-state index in [-0.39, 0.29) is 42.1 Å². The second-order valence-corrected chi connectivity index (χ2v) is 9.97. The zero-order valence-electron chi connectivity index (χ0n) is 19.2. The van der Waals surface area contributed by atoms with E-state index in [0.29, 0.717) is 5.13 Å². The van der Waals surface area contributed by atoms with Crippen LogP contribution >= 0.6 is 11.3 Å². The van der Waals surface area contributed by atoms with E-state index in [9.17, 15) is 24.5 Å². The molecule has 1 saturated heterocycles. The molecule has 0 unspecified atom stereocenters. The Morgan fingerprint density at radius 1 is 1.24 bits per heavy atom. The molecule has 34 heavy (non-hydrogen) atoms. The van der Waals surface area contributed by atoms with Gasteiger partial charge < -0.3 is 5.32 Å². The van der Waals surface area contributed by atoms with E-state index in [1.54, 1.807) is 0 Å². The lowest BCUT2D eigenvalue weighted by atomic mass is 9.99. The normalized spacial score (nSPS) is 16.7. The molecule has 2 aliphatic rings. The number of aromatic nitrogens is 1. The zero-order valence-corrected chi connectivity index (χ0v) is 20.0. The lowest BCUT2D eigenvalue weighted by Crippen LogP contribution is -2.32. The minimum atomic E-state index is -0.607. The van der Waals surface area contributed by atoms with E-state index in [2.05, 4.69) is 22.1 Å². The number of carbonyl (C=O) groups is 3. The fourth-order valence-corrected chi connectivity index (χ4v) is 5.25. The molecule has 11 heteroatoms. The van der Waals surface area contributed by atoms with Gasteiger partial charge in [-0.05, 0) is 51.3 Å². The van der Waals surface area contributed by atoms with Gasteiger partial charge in [-0.3, -0.25) is 34.3 Å². The zero-order chi connectivity index (χ0) is 24.4. The van der Waals surface area contributed by atoms with Crippen LogP contribution in [0.5, 0.6) is 0 Å². The number of hydrogen-bond acceptors (Lipinski definition) is 8. The third-order valence-electron chi connectivity index (χ3n) is 6.33. The first kappa shape index (κ1) is 24.0. The average Bonchev–Trinajstić information content (AvgIpc) is 3.26. The van der Waals surface area contributed by atoms with Gasteiger partial charge in [0.1, 0.15) is 0 Å². The summed E-state index contributed by atoms with van der Waals surface area (Å²) >= 11 is 1.48. The van der Waals surface area contributed by atoms with E-state index >= 15 is 0 Å². The summed E-state index contributed by atoms with van der Waals surface area (Å²) < 4.78 is 0. The van der Waals surface area contributed by atoms with Crippen LogP contribution in [0.1, 0.15) is 63.9 Å². The number of piperidine rings is 1. The van der Waals surface area contributed by atoms with E-state index in [4.69, 9.17) is 0 Å². The SMILES string of the molecule is Cc1nc(NC(=O)CCCN2C(=O)c3ccc([N+](=O)[O-])cc3C2=O)sc1CN1CCC(C)CC1. The van der Waals surface area contributed by atoms with Crippen LogP contribution in [0.25, 0.3) is 0 Å². The van der Waals surface area contributed by atoms with Crippen LogP contribution in [0.2, 0.25) is 0 Å².